The topological polar surface area (TPSA) is 190 Å². The van der Waals surface area contributed by atoms with Crippen LogP contribution in [0.25, 0.3) is 6.08 Å². The SMILES string of the molecule is CN(CCn1cc(CO[C@@H]2O[C@H](CO)[C@H](O)[C@H](O)[C@H]2O)nn1)c1ccc(/C=C/C2=CC(=C(C#N)C#N)C=C(C(C)(C)C)O2)cc1. The lowest BCUT2D eigenvalue weighted by Crippen LogP contribution is -2.59. The van der Waals surface area contributed by atoms with Gasteiger partial charge in [0, 0.05) is 30.3 Å². The first-order chi connectivity index (χ1) is 21.4. The minimum Gasteiger partial charge on any atom is -0.461 e. The Balaban J connectivity index is 1.31. The quantitative estimate of drug-likeness (QED) is 0.284. The molecule has 0 unspecified atom stereocenters. The summed E-state index contributed by atoms with van der Waals surface area (Å²) in [7, 11) is 1.96. The summed E-state index contributed by atoms with van der Waals surface area (Å²) in [5.41, 5.74) is 2.65. The van der Waals surface area contributed by atoms with Crippen LogP contribution >= 0.6 is 0 Å². The lowest BCUT2D eigenvalue weighted by atomic mass is 9.90. The largest absolute Gasteiger partial charge is 0.461 e. The molecular weight excluding hydrogens is 580 g/mol. The summed E-state index contributed by atoms with van der Waals surface area (Å²) in [4.78, 5) is 2.06. The van der Waals surface area contributed by atoms with Gasteiger partial charge < -0.3 is 39.5 Å². The van der Waals surface area contributed by atoms with Crippen molar-refractivity contribution >= 4 is 11.8 Å². The van der Waals surface area contributed by atoms with E-state index in [4.69, 9.17) is 14.2 Å². The van der Waals surface area contributed by atoms with Crippen molar-refractivity contribution in [2.45, 2.75) is 64.6 Å². The third-order valence-electron chi connectivity index (χ3n) is 7.33. The van der Waals surface area contributed by atoms with Gasteiger partial charge in [-0.2, -0.15) is 10.5 Å². The third kappa shape index (κ3) is 8.44. The lowest BCUT2D eigenvalue weighted by molar-refractivity contribution is -0.304. The molecular formula is C32H38N6O7. The predicted octanol–water partition coefficient (Wildman–Crippen LogP) is 1.93. The maximum atomic E-state index is 10.1. The molecule has 2 aromatic rings. The number of aliphatic hydroxyl groups excluding tert-OH is 4. The second kappa shape index (κ2) is 14.6. The van der Waals surface area contributed by atoms with Crippen molar-refractivity contribution < 1.29 is 34.6 Å². The number of nitriles is 2. The van der Waals surface area contributed by atoms with E-state index >= 15 is 0 Å². The van der Waals surface area contributed by atoms with Crippen LogP contribution in [0.4, 0.5) is 5.69 Å². The van der Waals surface area contributed by atoms with Crippen LogP contribution in [0, 0.1) is 28.1 Å². The maximum Gasteiger partial charge on any atom is 0.187 e. The van der Waals surface area contributed by atoms with Gasteiger partial charge in [0.25, 0.3) is 0 Å². The molecule has 5 atom stereocenters. The van der Waals surface area contributed by atoms with E-state index in [1.54, 1.807) is 23.0 Å². The Morgan fingerprint density at radius 3 is 2.42 bits per heavy atom. The highest BCUT2D eigenvalue weighted by Crippen LogP contribution is 2.34. The van der Waals surface area contributed by atoms with E-state index < -0.39 is 37.3 Å². The maximum absolute atomic E-state index is 10.1. The number of ether oxygens (including phenoxy) is 3. The minimum absolute atomic E-state index is 0.0295. The zero-order valence-electron chi connectivity index (χ0n) is 25.6. The third-order valence-corrected chi connectivity index (χ3v) is 7.33. The standard InChI is InChI=1S/C32H38N6O7/c1-32(2,3)27-14-21(22(15-33)16-34)13-25(44-27)10-7-20-5-8-24(9-6-20)37(4)11-12-38-17-23(35-36-38)19-43-31-30(42)29(41)28(40)26(18-39)45-31/h5-10,13-14,17,26,28-31,39-42H,11-12,18-19H2,1-4H3/b10-7+/t26-,28+,29+,30-,31-/m1/s1. The molecule has 4 N–H and O–H groups in total. The van der Waals surface area contributed by atoms with E-state index in [0.717, 1.165) is 11.3 Å². The van der Waals surface area contributed by atoms with Crippen molar-refractivity contribution in [3.63, 3.8) is 0 Å². The number of hydrogen-bond acceptors (Lipinski definition) is 12. The molecule has 2 aliphatic rings. The molecule has 1 saturated heterocycles. The van der Waals surface area contributed by atoms with E-state index in [2.05, 4.69) is 15.2 Å². The van der Waals surface area contributed by atoms with Gasteiger partial charge in [0.1, 0.15) is 59.3 Å². The number of aliphatic hydroxyl groups is 4. The smallest absolute Gasteiger partial charge is 0.187 e. The molecule has 1 fully saturated rings. The van der Waals surface area contributed by atoms with Crippen LogP contribution in [0.1, 0.15) is 32.0 Å². The molecule has 3 heterocycles. The molecule has 238 valence electrons. The van der Waals surface area contributed by atoms with Crippen molar-refractivity contribution in [1.82, 2.24) is 15.0 Å². The zero-order valence-corrected chi connectivity index (χ0v) is 25.6. The fraction of sp³-hybridized carbons (Fsp3) is 0.438. The second-order valence-electron chi connectivity index (χ2n) is 11.8. The van der Waals surface area contributed by atoms with E-state index in [1.165, 1.54) is 0 Å². The minimum atomic E-state index is -1.51. The first-order valence-electron chi connectivity index (χ1n) is 14.4. The van der Waals surface area contributed by atoms with Crippen molar-refractivity contribution in [3.05, 3.63) is 82.6 Å². The number of anilines is 1. The Bertz CT molecular complexity index is 1520. The van der Waals surface area contributed by atoms with Gasteiger partial charge >= 0.3 is 0 Å². The fourth-order valence-electron chi connectivity index (χ4n) is 4.56. The Hall–Kier alpha value is -4.34. The number of aromatic nitrogens is 3. The number of benzene rings is 1. The normalized spacial score (nSPS) is 23.5. The molecule has 1 aromatic carbocycles. The molecule has 4 rings (SSSR count). The zero-order chi connectivity index (χ0) is 32.7. The van der Waals surface area contributed by atoms with Gasteiger partial charge in [-0.1, -0.05) is 44.2 Å². The highest BCUT2D eigenvalue weighted by Gasteiger charge is 2.44. The van der Waals surface area contributed by atoms with Crippen LogP contribution in [-0.4, -0.2) is 86.3 Å². The van der Waals surface area contributed by atoms with Gasteiger partial charge in [-0.05, 0) is 35.9 Å². The summed E-state index contributed by atoms with van der Waals surface area (Å²) in [5.74, 6) is 1.20. The van der Waals surface area contributed by atoms with Gasteiger partial charge in [0.2, 0.25) is 0 Å². The van der Waals surface area contributed by atoms with E-state index in [1.807, 2.05) is 76.4 Å². The van der Waals surface area contributed by atoms with E-state index in [0.29, 0.717) is 35.9 Å². The molecule has 13 nitrogen and oxygen atoms in total. The van der Waals surface area contributed by atoms with Crippen LogP contribution in [-0.2, 0) is 27.4 Å². The lowest BCUT2D eigenvalue weighted by Gasteiger charge is -2.39. The fourth-order valence-corrected chi connectivity index (χ4v) is 4.56. The van der Waals surface area contributed by atoms with Crippen molar-refractivity contribution in [3.8, 4) is 12.1 Å². The van der Waals surface area contributed by atoms with Crippen LogP contribution in [0.5, 0.6) is 0 Å². The highest BCUT2D eigenvalue weighted by atomic mass is 16.7. The first-order valence-corrected chi connectivity index (χ1v) is 14.4. The van der Waals surface area contributed by atoms with Crippen molar-refractivity contribution in [2.75, 3.05) is 25.1 Å². The molecule has 0 aliphatic carbocycles. The second-order valence-corrected chi connectivity index (χ2v) is 11.8. The number of hydrogen-bond donors (Lipinski definition) is 4. The van der Waals surface area contributed by atoms with Crippen LogP contribution in [0.15, 0.2) is 71.4 Å². The molecule has 45 heavy (non-hydrogen) atoms. The van der Waals surface area contributed by atoms with Gasteiger partial charge in [0.05, 0.1) is 26.0 Å². The van der Waals surface area contributed by atoms with E-state index in [9.17, 15) is 30.9 Å². The van der Waals surface area contributed by atoms with Crippen LogP contribution < -0.4 is 4.90 Å². The summed E-state index contributed by atoms with van der Waals surface area (Å²) < 4.78 is 18.6. The van der Waals surface area contributed by atoms with Crippen molar-refractivity contribution in [1.29, 1.82) is 10.5 Å². The molecule has 0 saturated carbocycles. The summed E-state index contributed by atoms with van der Waals surface area (Å²) in [6.07, 6.45) is 2.10. The summed E-state index contributed by atoms with van der Waals surface area (Å²) in [6, 6.07) is 11.8. The first kappa shape index (κ1) is 33.6. The van der Waals surface area contributed by atoms with Gasteiger partial charge in [-0.25, -0.2) is 0 Å². The Labute approximate surface area is 261 Å². The Morgan fingerprint density at radius 1 is 1.07 bits per heavy atom. The number of likely N-dealkylation sites (N-methyl/N-ethyl adjacent to an activating group) is 1. The van der Waals surface area contributed by atoms with E-state index in [-0.39, 0.29) is 17.6 Å². The van der Waals surface area contributed by atoms with Crippen molar-refractivity contribution in [2.24, 2.45) is 5.41 Å². The molecule has 0 spiro atoms. The number of rotatable bonds is 10. The van der Waals surface area contributed by atoms with Crippen LogP contribution in [0.2, 0.25) is 0 Å². The van der Waals surface area contributed by atoms with Gasteiger partial charge in [-0.3, -0.25) is 4.68 Å². The number of allylic oxidation sites excluding steroid dienone is 6. The van der Waals surface area contributed by atoms with Crippen LogP contribution in [0.3, 0.4) is 0 Å². The monoisotopic (exact) mass is 618 g/mol. The molecule has 13 heteroatoms. The molecule has 0 bridgehead atoms. The average Bonchev–Trinajstić information content (AvgIpc) is 3.49. The average molecular weight is 619 g/mol. The summed E-state index contributed by atoms with van der Waals surface area (Å²) in [5, 5.41) is 66.1. The van der Waals surface area contributed by atoms with Gasteiger partial charge in [0.15, 0.2) is 6.29 Å². The summed E-state index contributed by atoms with van der Waals surface area (Å²) in [6.45, 7) is 6.57. The highest BCUT2D eigenvalue weighted by molar-refractivity contribution is 5.59. The number of nitrogens with zero attached hydrogens (tertiary/aromatic N) is 6. The predicted molar refractivity (Wildman–Crippen MR) is 162 cm³/mol. The Morgan fingerprint density at radius 2 is 1.78 bits per heavy atom. The molecule has 0 amide bonds. The Kier molecular flexibility index (Phi) is 10.9. The summed E-state index contributed by atoms with van der Waals surface area (Å²) >= 11 is 0. The molecule has 2 aliphatic heterocycles. The molecule has 0 radical (unpaired) electrons. The molecule has 1 aromatic heterocycles. The van der Waals surface area contributed by atoms with Gasteiger partial charge in [-0.15, -0.1) is 5.10 Å².